The molecule has 5 heteroatoms. The van der Waals surface area contributed by atoms with Gasteiger partial charge in [0, 0.05) is 11.4 Å². The Morgan fingerprint density at radius 1 is 1.29 bits per heavy atom. The summed E-state index contributed by atoms with van der Waals surface area (Å²) in [6.45, 7) is 6.53. The van der Waals surface area contributed by atoms with E-state index < -0.39 is 5.54 Å². The molecular weight excluding hydrogens is 284 g/mol. The van der Waals surface area contributed by atoms with Crippen LogP contribution in [0.15, 0.2) is 17.5 Å². The minimum absolute atomic E-state index is 0.00475. The first-order valence-corrected chi connectivity index (χ1v) is 8.61. The molecule has 1 N–H and O–H groups in total. The molecule has 0 spiro atoms. The fraction of sp³-hybridized carbons (Fsp3) is 0.625. The first-order chi connectivity index (χ1) is 10.1. The first-order valence-electron chi connectivity index (χ1n) is 7.73. The van der Waals surface area contributed by atoms with Gasteiger partial charge in [0.2, 0.25) is 11.8 Å². The van der Waals surface area contributed by atoms with E-state index in [1.165, 1.54) is 4.88 Å². The summed E-state index contributed by atoms with van der Waals surface area (Å²) in [5.41, 5.74) is -0.681. The van der Waals surface area contributed by atoms with Crippen LogP contribution in [-0.2, 0) is 16.0 Å². The predicted molar refractivity (Wildman–Crippen MR) is 85.3 cm³/mol. The van der Waals surface area contributed by atoms with E-state index in [4.69, 9.17) is 0 Å². The van der Waals surface area contributed by atoms with Crippen molar-refractivity contribution in [3.63, 3.8) is 0 Å². The monoisotopic (exact) mass is 308 g/mol. The van der Waals surface area contributed by atoms with E-state index in [0.717, 1.165) is 6.42 Å². The molecule has 1 aliphatic heterocycles. The summed E-state index contributed by atoms with van der Waals surface area (Å²) in [6, 6.07) is 3.73. The molecule has 1 saturated heterocycles. The van der Waals surface area contributed by atoms with Crippen LogP contribution in [-0.4, -0.2) is 34.8 Å². The SMILES string of the molecule is CCC1NC(=O)C(CC)(CC)N(CCc2cccs2)C1=O. The quantitative estimate of drug-likeness (QED) is 0.878. The number of rotatable bonds is 6. The fourth-order valence-electron chi connectivity index (χ4n) is 3.11. The number of carbonyl (C=O) groups is 2. The van der Waals surface area contributed by atoms with Gasteiger partial charge in [-0.25, -0.2) is 0 Å². The molecule has 0 aliphatic carbocycles. The highest BCUT2D eigenvalue weighted by Gasteiger charge is 2.49. The van der Waals surface area contributed by atoms with Crippen LogP contribution in [0.5, 0.6) is 0 Å². The molecule has 0 bridgehead atoms. The molecule has 2 heterocycles. The van der Waals surface area contributed by atoms with Crippen LogP contribution < -0.4 is 5.32 Å². The van der Waals surface area contributed by atoms with E-state index in [2.05, 4.69) is 11.4 Å². The summed E-state index contributed by atoms with van der Waals surface area (Å²) in [6.07, 6.45) is 2.77. The van der Waals surface area contributed by atoms with Crippen LogP contribution in [0, 0.1) is 0 Å². The summed E-state index contributed by atoms with van der Waals surface area (Å²) in [5.74, 6) is 0.0717. The normalized spacial score (nSPS) is 21.5. The predicted octanol–water partition coefficient (Wildman–Crippen LogP) is 2.59. The van der Waals surface area contributed by atoms with Crippen molar-refractivity contribution in [1.82, 2.24) is 10.2 Å². The van der Waals surface area contributed by atoms with Gasteiger partial charge >= 0.3 is 0 Å². The highest BCUT2D eigenvalue weighted by Crippen LogP contribution is 2.30. The second-order valence-electron chi connectivity index (χ2n) is 5.49. The van der Waals surface area contributed by atoms with Crippen molar-refractivity contribution in [2.75, 3.05) is 6.54 Å². The number of piperazine rings is 1. The van der Waals surface area contributed by atoms with Crippen LogP contribution >= 0.6 is 11.3 Å². The van der Waals surface area contributed by atoms with Crippen molar-refractivity contribution >= 4 is 23.2 Å². The van der Waals surface area contributed by atoms with Gasteiger partial charge in [0.25, 0.3) is 0 Å². The van der Waals surface area contributed by atoms with Gasteiger partial charge in [0.15, 0.2) is 0 Å². The van der Waals surface area contributed by atoms with E-state index in [9.17, 15) is 9.59 Å². The molecule has 0 radical (unpaired) electrons. The second kappa shape index (κ2) is 6.60. The van der Waals surface area contributed by atoms with Crippen molar-refractivity contribution in [3.05, 3.63) is 22.4 Å². The molecule has 21 heavy (non-hydrogen) atoms. The van der Waals surface area contributed by atoms with Crippen LogP contribution in [0.4, 0.5) is 0 Å². The Morgan fingerprint density at radius 2 is 2.00 bits per heavy atom. The number of nitrogens with one attached hydrogen (secondary N) is 1. The lowest BCUT2D eigenvalue weighted by Crippen LogP contribution is -2.70. The van der Waals surface area contributed by atoms with Gasteiger partial charge in [-0.05, 0) is 37.1 Å². The Kier molecular flexibility index (Phi) is 5.04. The van der Waals surface area contributed by atoms with Gasteiger partial charge in [-0.1, -0.05) is 26.8 Å². The number of amides is 2. The van der Waals surface area contributed by atoms with Crippen molar-refractivity contribution < 1.29 is 9.59 Å². The third-order valence-corrected chi connectivity index (χ3v) is 5.48. The van der Waals surface area contributed by atoms with E-state index in [-0.39, 0.29) is 17.9 Å². The number of hydrogen-bond acceptors (Lipinski definition) is 3. The summed E-state index contributed by atoms with van der Waals surface area (Å²) in [4.78, 5) is 28.4. The van der Waals surface area contributed by atoms with Crippen molar-refractivity contribution in [3.8, 4) is 0 Å². The smallest absolute Gasteiger partial charge is 0.246 e. The zero-order valence-electron chi connectivity index (χ0n) is 13.0. The van der Waals surface area contributed by atoms with Crippen molar-refractivity contribution in [1.29, 1.82) is 0 Å². The number of hydrogen-bond donors (Lipinski definition) is 1. The third kappa shape index (κ3) is 2.84. The summed E-state index contributed by atoms with van der Waals surface area (Å²) >= 11 is 1.70. The lowest BCUT2D eigenvalue weighted by Gasteiger charge is -2.47. The molecule has 0 saturated carbocycles. The van der Waals surface area contributed by atoms with E-state index in [1.807, 2.05) is 37.1 Å². The zero-order valence-corrected chi connectivity index (χ0v) is 13.8. The molecule has 1 atom stereocenters. The van der Waals surface area contributed by atoms with E-state index >= 15 is 0 Å². The summed E-state index contributed by atoms with van der Waals surface area (Å²) in [5, 5.41) is 4.95. The molecule has 1 aromatic heterocycles. The molecule has 1 aromatic rings. The Hall–Kier alpha value is -1.36. The molecule has 4 nitrogen and oxygen atoms in total. The molecule has 116 valence electrons. The number of carbonyl (C=O) groups excluding carboxylic acids is 2. The molecule has 0 aromatic carbocycles. The number of thiophene rings is 1. The standard InChI is InChI=1S/C16H24N2O2S/c1-4-13-14(19)18(10-9-12-8-7-11-21-12)16(5-2,6-3)15(20)17-13/h7-8,11,13H,4-6,9-10H2,1-3H3,(H,17,20). The van der Waals surface area contributed by atoms with E-state index in [0.29, 0.717) is 25.8 Å². The highest BCUT2D eigenvalue weighted by atomic mass is 32.1. The molecule has 2 amide bonds. The molecule has 1 aliphatic rings. The van der Waals surface area contributed by atoms with Crippen LogP contribution in [0.25, 0.3) is 0 Å². The van der Waals surface area contributed by atoms with Crippen molar-refractivity contribution in [2.24, 2.45) is 0 Å². The summed E-state index contributed by atoms with van der Waals surface area (Å²) in [7, 11) is 0. The highest BCUT2D eigenvalue weighted by molar-refractivity contribution is 7.09. The maximum absolute atomic E-state index is 12.7. The zero-order chi connectivity index (χ0) is 15.5. The van der Waals surface area contributed by atoms with Gasteiger partial charge in [0.1, 0.15) is 11.6 Å². The molecule has 2 rings (SSSR count). The van der Waals surface area contributed by atoms with Gasteiger partial charge < -0.3 is 10.2 Å². The Bertz CT molecular complexity index is 494. The van der Waals surface area contributed by atoms with Gasteiger partial charge in [-0.2, -0.15) is 0 Å². The van der Waals surface area contributed by atoms with E-state index in [1.54, 1.807) is 11.3 Å². The Labute approximate surface area is 130 Å². The van der Waals surface area contributed by atoms with Gasteiger partial charge in [0.05, 0.1) is 0 Å². The molecular formula is C16H24N2O2S. The lowest BCUT2D eigenvalue weighted by molar-refractivity contribution is -0.158. The molecule has 1 fully saturated rings. The fourth-order valence-corrected chi connectivity index (χ4v) is 3.80. The minimum Gasteiger partial charge on any atom is -0.342 e. The van der Waals surface area contributed by atoms with Gasteiger partial charge in [-0.3, -0.25) is 9.59 Å². The number of nitrogens with zero attached hydrogens (tertiary/aromatic N) is 1. The molecule has 1 unspecified atom stereocenters. The van der Waals surface area contributed by atoms with Crippen LogP contribution in [0.3, 0.4) is 0 Å². The van der Waals surface area contributed by atoms with Gasteiger partial charge in [-0.15, -0.1) is 11.3 Å². The minimum atomic E-state index is -0.681. The maximum atomic E-state index is 12.7. The first kappa shape index (κ1) is 16.0. The second-order valence-corrected chi connectivity index (χ2v) is 6.52. The topological polar surface area (TPSA) is 49.4 Å². The Balaban J connectivity index is 2.24. The third-order valence-electron chi connectivity index (χ3n) is 4.55. The van der Waals surface area contributed by atoms with Crippen LogP contribution in [0.2, 0.25) is 0 Å². The lowest BCUT2D eigenvalue weighted by atomic mass is 9.85. The van der Waals surface area contributed by atoms with Crippen molar-refractivity contribution in [2.45, 2.75) is 58.0 Å². The Morgan fingerprint density at radius 3 is 2.52 bits per heavy atom. The average Bonchev–Trinajstić information content (AvgIpc) is 3.01. The van der Waals surface area contributed by atoms with Crippen LogP contribution in [0.1, 0.15) is 44.9 Å². The average molecular weight is 308 g/mol. The largest absolute Gasteiger partial charge is 0.342 e. The summed E-state index contributed by atoms with van der Waals surface area (Å²) < 4.78 is 0. The maximum Gasteiger partial charge on any atom is 0.246 e.